The molecule has 0 spiro atoms. The predicted molar refractivity (Wildman–Crippen MR) is 87.4 cm³/mol. The minimum absolute atomic E-state index is 0.667. The molecule has 0 saturated heterocycles. The zero-order valence-electron chi connectivity index (χ0n) is 12.4. The van der Waals surface area contributed by atoms with Crippen molar-refractivity contribution in [2.24, 2.45) is 5.73 Å². The maximum Gasteiger partial charge on any atom is 0.110 e. The monoisotopic (exact) mass is 290 g/mol. The van der Waals surface area contributed by atoms with Crippen molar-refractivity contribution in [3.8, 4) is 6.07 Å². The van der Waals surface area contributed by atoms with E-state index in [1.54, 1.807) is 0 Å². The van der Waals surface area contributed by atoms with E-state index < -0.39 is 0 Å². The summed E-state index contributed by atoms with van der Waals surface area (Å²) in [5.74, 6) is 1.07. The topological polar surface area (TPSA) is 67.6 Å². The van der Waals surface area contributed by atoms with Gasteiger partial charge in [-0.05, 0) is 42.8 Å². The van der Waals surface area contributed by atoms with E-state index in [9.17, 15) is 0 Å². The molecule has 3 rings (SSSR count). The molecule has 22 heavy (non-hydrogen) atoms. The summed E-state index contributed by atoms with van der Waals surface area (Å²) in [5, 5.41) is 8.89. The maximum atomic E-state index is 8.89. The molecule has 0 atom stereocenters. The molecule has 110 valence electrons. The van der Waals surface area contributed by atoms with Gasteiger partial charge in [-0.2, -0.15) is 5.26 Å². The molecule has 1 heterocycles. The van der Waals surface area contributed by atoms with E-state index in [1.807, 2.05) is 42.5 Å². The fourth-order valence-corrected chi connectivity index (χ4v) is 2.62. The van der Waals surface area contributed by atoms with Crippen LogP contribution in [0.3, 0.4) is 0 Å². The van der Waals surface area contributed by atoms with Crippen molar-refractivity contribution in [2.75, 3.05) is 6.54 Å². The number of aromatic nitrogens is 2. The highest BCUT2D eigenvalue weighted by molar-refractivity contribution is 5.76. The Bertz CT molecular complexity index is 809. The van der Waals surface area contributed by atoms with Gasteiger partial charge >= 0.3 is 0 Å². The van der Waals surface area contributed by atoms with Crippen LogP contribution in [0.15, 0.2) is 48.5 Å². The molecule has 1 aromatic heterocycles. The number of hydrogen-bond acceptors (Lipinski definition) is 3. The van der Waals surface area contributed by atoms with Crippen molar-refractivity contribution < 1.29 is 0 Å². The van der Waals surface area contributed by atoms with Crippen LogP contribution >= 0.6 is 0 Å². The summed E-state index contributed by atoms with van der Waals surface area (Å²) in [4.78, 5) is 4.74. The van der Waals surface area contributed by atoms with Gasteiger partial charge in [0.1, 0.15) is 5.82 Å². The van der Waals surface area contributed by atoms with E-state index in [0.29, 0.717) is 12.1 Å². The van der Waals surface area contributed by atoms with Crippen molar-refractivity contribution in [1.29, 1.82) is 5.26 Å². The van der Waals surface area contributed by atoms with Gasteiger partial charge in [-0.15, -0.1) is 0 Å². The standard InChI is InChI=1S/C18H18N4/c19-11-3-6-18-21-16-4-1-2-5-17(16)22(18)13-15-9-7-14(12-20)8-10-15/h1-2,4-5,7-10H,3,6,11,13,19H2. The van der Waals surface area contributed by atoms with E-state index in [-0.39, 0.29) is 0 Å². The molecule has 0 fully saturated rings. The maximum absolute atomic E-state index is 8.89. The molecule has 0 saturated carbocycles. The molecule has 0 aliphatic heterocycles. The highest BCUT2D eigenvalue weighted by Gasteiger charge is 2.10. The summed E-state index contributed by atoms with van der Waals surface area (Å²) < 4.78 is 2.24. The average Bonchev–Trinajstić information content (AvgIpc) is 2.91. The molecular weight excluding hydrogens is 272 g/mol. The van der Waals surface area contributed by atoms with Crippen molar-refractivity contribution in [3.05, 3.63) is 65.5 Å². The quantitative estimate of drug-likeness (QED) is 0.785. The van der Waals surface area contributed by atoms with E-state index in [4.69, 9.17) is 16.0 Å². The Labute approximate surface area is 129 Å². The molecule has 3 aromatic rings. The fourth-order valence-electron chi connectivity index (χ4n) is 2.62. The van der Waals surface area contributed by atoms with Crippen molar-refractivity contribution in [1.82, 2.24) is 9.55 Å². The van der Waals surface area contributed by atoms with Crippen LogP contribution in [0.2, 0.25) is 0 Å². The summed E-state index contributed by atoms with van der Waals surface area (Å²) in [6.45, 7) is 1.42. The number of aryl methyl sites for hydroxylation is 1. The first kappa shape index (κ1) is 14.3. The first-order valence-corrected chi connectivity index (χ1v) is 7.45. The SMILES string of the molecule is N#Cc1ccc(Cn2c(CCCN)nc3ccccc32)cc1. The third kappa shape index (κ3) is 2.85. The molecule has 0 bridgehead atoms. The van der Waals surface area contributed by atoms with Crippen LogP contribution in [0.4, 0.5) is 0 Å². The van der Waals surface area contributed by atoms with Crippen LogP contribution in [0, 0.1) is 11.3 Å². The summed E-state index contributed by atoms with van der Waals surface area (Å²) in [5.41, 5.74) is 9.64. The fraction of sp³-hybridized carbons (Fsp3) is 0.222. The predicted octanol–water partition coefficient (Wildman–Crippen LogP) is 2.85. The molecule has 4 nitrogen and oxygen atoms in total. The Hall–Kier alpha value is -2.64. The third-order valence-electron chi connectivity index (χ3n) is 3.76. The Morgan fingerprint density at radius 1 is 1.09 bits per heavy atom. The van der Waals surface area contributed by atoms with Crippen LogP contribution in [-0.2, 0) is 13.0 Å². The van der Waals surface area contributed by atoms with E-state index in [2.05, 4.69) is 16.7 Å². The van der Waals surface area contributed by atoms with Crippen molar-refractivity contribution >= 4 is 11.0 Å². The van der Waals surface area contributed by atoms with Crippen LogP contribution in [0.1, 0.15) is 23.4 Å². The van der Waals surface area contributed by atoms with Gasteiger partial charge in [-0.25, -0.2) is 4.98 Å². The average molecular weight is 290 g/mol. The summed E-state index contributed by atoms with van der Waals surface area (Å²) >= 11 is 0. The number of nitriles is 1. The number of fused-ring (bicyclic) bond motifs is 1. The van der Waals surface area contributed by atoms with Gasteiger partial charge in [-0.3, -0.25) is 0 Å². The number of rotatable bonds is 5. The Morgan fingerprint density at radius 3 is 2.59 bits per heavy atom. The molecule has 0 aliphatic rings. The molecule has 0 amide bonds. The highest BCUT2D eigenvalue weighted by Crippen LogP contribution is 2.19. The lowest BCUT2D eigenvalue weighted by atomic mass is 10.1. The Kier molecular flexibility index (Phi) is 4.17. The third-order valence-corrected chi connectivity index (χ3v) is 3.76. The molecule has 2 aromatic carbocycles. The smallest absolute Gasteiger partial charge is 0.110 e. The van der Waals surface area contributed by atoms with Crippen molar-refractivity contribution in [2.45, 2.75) is 19.4 Å². The summed E-state index contributed by atoms with van der Waals surface area (Å²) in [6.07, 6.45) is 1.80. The second-order valence-electron chi connectivity index (χ2n) is 5.30. The number of nitrogens with zero attached hydrogens (tertiary/aromatic N) is 3. The largest absolute Gasteiger partial charge is 0.330 e. The van der Waals surface area contributed by atoms with Gasteiger partial charge in [0.25, 0.3) is 0 Å². The first-order chi connectivity index (χ1) is 10.8. The second-order valence-corrected chi connectivity index (χ2v) is 5.30. The number of hydrogen-bond donors (Lipinski definition) is 1. The summed E-state index contributed by atoms with van der Waals surface area (Å²) in [6, 6.07) is 18.0. The second kappa shape index (κ2) is 6.42. The lowest BCUT2D eigenvalue weighted by molar-refractivity contribution is 0.703. The van der Waals surface area contributed by atoms with Gasteiger partial charge in [-0.1, -0.05) is 24.3 Å². The van der Waals surface area contributed by atoms with Gasteiger partial charge in [0.05, 0.1) is 22.7 Å². The van der Waals surface area contributed by atoms with E-state index in [1.165, 1.54) is 0 Å². The van der Waals surface area contributed by atoms with Crippen LogP contribution in [0.5, 0.6) is 0 Å². The lowest BCUT2D eigenvalue weighted by Gasteiger charge is -2.09. The van der Waals surface area contributed by atoms with Gasteiger partial charge in [0.2, 0.25) is 0 Å². The Morgan fingerprint density at radius 2 is 1.86 bits per heavy atom. The number of benzene rings is 2. The molecule has 4 heteroatoms. The molecule has 2 N–H and O–H groups in total. The van der Waals surface area contributed by atoms with E-state index >= 15 is 0 Å². The zero-order chi connectivity index (χ0) is 15.4. The molecule has 0 radical (unpaired) electrons. The Balaban J connectivity index is 1.98. The number of imidazole rings is 1. The molecular formula is C18H18N4. The number of para-hydroxylation sites is 2. The summed E-state index contributed by atoms with van der Waals surface area (Å²) in [7, 11) is 0. The molecule has 0 aliphatic carbocycles. The lowest BCUT2D eigenvalue weighted by Crippen LogP contribution is -2.08. The van der Waals surface area contributed by atoms with Gasteiger partial charge in [0, 0.05) is 13.0 Å². The van der Waals surface area contributed by atoms with Crippen molar-refractivity contribution in [3.63, 3.8) is 0 Å². The zero-order valence-corrected chi connectivity index (χ0v) is 12.4. The minimum Gasteiger partial charge on any atom is -0.330 e. The number of nitrogens with two attached hydrogens (primary N) is 1. The highest BCUT2D eigenvalue weighted by atomic mass is 15.1. The van der Waals surface area contributed by atoms with Crippen LogP contribution in [0.25, 0.3) is 11.0 Å². The minimum atomic E-state index is 0.667. The van der Waals surface area contributed by atoms with E-state index in [0.717, 1.165) is 41.8 Å². The normalized spacial score (nSPS) is 10.7. The van der Waals surface area contributed by atoms with Crippen LogP contribution in [-0.4, -0.2) is 16.1 Å². The first-order valence-electron chi connectivity index (χ1n) is 7.45. The van der Waals surface area contributed by atoms with Gasteiger partial charge in [0.15, 0.2) is 0 Å². The van der Waals surface area contributed by atoms with Gasteiger partial charge < -0.3 is 10.3 Å². The van der Waals surface area contributed by atoms with Crippen LogP contribution < -0.4 is 5.73 Å². The molecule has 0 unspecified atom stereocenters.